The number of carbonyl (C=O) groups is 1. The molecule has 0 saturated carbocycles. The monoisotopic (exact) mass is 253 g/mol. The van der Waals surface area contributed by atoms with Gasteiger partial charge in [0.1, 0.15) is 11.7 Å². The van der Waals surface area contributed by atoms with Crippen LogP contribution in [0.15, 0.2) is 18.2 Å². The SMILES string of the molecule is CC1C(=O)NCCN1c1cccc(F)c1[N+](=O)[O-]. The molecule has 18 heavy (non-hydrogen) atoms. The molecule has 7 heteroatoms. The summed E-state index contributed by atoms with van der Waals surface area (Å²) in [6, 6.07) is 3.34. The van der Waals surface area contributed by atoms with Gasteiger partial charge in [-0.2, -0.15) is 4.39 Å². The Kier molecular flexibility index (Phi) is 3.14. The predicted octanol–water partition coefficient (Wildman–Crippen LogP) is 1.06. The van der Waals surface area contributed by atoms with E-state index >= 15 is 0 Å². The molecule has 1 amide bonds. The third-order valence-electron chi connectivity index (χ3n) is 2.96. The third kappa shape index (κ3) is 1.99. The predicted molar refractivity (Wildman–Crippen MR) is 62.9 cm³/mol. The zero-order chi connectivity index (χ0) is 13.3. The van der Waals surface area contributed by atoms with Crippen LogP contribution >= 0.6 is 0 Å². The highest BCUT2D eigenvalue weighted by Crippen LogP contribution is 2.32. The fourth-order valence-corrected chi connectivity index (χ4v) is 2.03. The summed E-state index contributed by atoms with van der Waals surface area (Å²) in [5.41, 5.74) is -0.443. The van der Waals surface area contributed by atoms with Crippen LogP contribution in [0.5, 0.6) is 0 Å². The summed E-state index contributed by atoms with van der Waals surface area (Å²) in [6.07, 6.45) is 0. The van der Waals surface area contributed by atoms with E-state index in [2.05, 4.69) is 5.32 Å². The molecular formula is C11H12FN3O3. The van der Waals surface area contributed by atoms with Gasteiger partial charge in [0.05, 0.1) is 4.92 Å². The second kappa shape index (κ2) is 4.59. The highest BCUT2D eigenvalue weighted by atomic mass is 19.1. The van der Waals surface area contributed by atoms with E-state index in [1.165, 1.54) is 12.1 Å². The number of halogens is 1. The van der Waals surface area contributed by atoms with Crippen LogP contribution in [0.4, 0.5) is 15.8 Å². The van der Waals surface area contributed by atoms with Crippen LogP contribution in [-0.2, 0) is 4.79 Å². The molecule has 0 radical (unpaired) electrons. The summed E-state index contributed by atoms with van der Waals surface area (Å²) in [5.74, 6) is -1.12. The molecule has 1 unspecified atom stereocenters. The van der Waals surface area contributed by atoms with Crippen molar-refractivity contribution in [2.45, 2.75) is 13.0 Å². The van der Waals surface area contributed by atoms with Gasteiger partial charge < -0.3 is 10.2 Å². The highest BCUT2D eigenvalue weighted by molar-refractivity contribution is 5.87. The maximum Gasteiger partial charge on any atom is 0.327 e. The number of nitro benzene ring substituents is 1. The van der Waals surface area contributed by atoms with E-state index in [1.807, 2.05) is 0 Å². The number of piperazine rings is 1. The average molecular weight is 253 g/mol. The van der Waals surface area contributed by atoms with Crippen LogP contribution in [0.2, 0.25) is 0 Å². The van der Waals surface area contributed by atoms with E-state index in [1.54, 1.807) is 11.8 Å². The third-order valence-corrected chi connectivity index (χ3v) is 2.96. The quantitative estimate of drug-likeness (QED) is 0.631. The number of nitrogens with one attached hydrogen (secondary N) is 1. The minimum atomic E-state index is -0.893. The molecule has 0 aromatic heterocycles. The van der Waals surface area contributed by atoms with Gasteiger partial charge in [-0.25, -0.2) is 0 Å². The molecule has 0 bridgehead atoms. The summed E-state index contributed by atoms with van der Waals surface area (Å²) >= 11 is 0. The number of hydrogen-bond acceptors (Lipinski definition) is 4. The van der Waals surface area contributed by atoms with Crippen LogP contribution in [0.25, 0.3) is 0 Å². The van der Waals surface area contributed by atoms with Gasteiger partial charge in [0, 0.05) is 13.1 Å². The molecule has 2 rings (SSSR count). The van der Waals surface area contributed by atoms with Gasteiger partial charge in [0.25, 0.3) is 0 Å². The number of rotatable bonds is 2. The number of carbonyl (C=O) groups excluding carboxylic acids is 1. The molecule has 1 atom stereocenters. The number of benzene rings is 1. The van der Waals surface area contributed by atoms with Crippen molar-refractivity contribution < 1.29 is 14.1 Å². The molecule has 0 spiro atoms. The molecule has 1 aliphatic heterocycles. The van der Waals surface area contributed by atoms with Gasteiger partial charge in [-0.15, -0.1) is 0 Å². The Morgan fingerprint density at radius 1 is 1.56 bits per heavy atom. The lowest BCUT2D eigenvalue weighted by Crippen LogP contribution is -2.54. The number of nitro groups is 1. The first-order chi connectivity index (χ1) is 8.52. The molecule has 1 fully saturated rings. The molecule has 6 nitrogen and oxygen atoms in total. The van der Waals surface area contributed by atoms with Gasteiger partial charge in [-0.3, -0.25) is 14.9 Å². The van der Waals surface area contributed by atoms with E-state index in [-0.39, 0.29) is 11.6 Å². The summed E-state index contributed by atoms with van der Waals surface area (Å²) < 4.78 is 13.5. The van der Waals surface area contributed by atoms with Gasteiger partial charge in [0.15, 0.2) is 0 Å². The Morgan fingerprint density at radius 3 is 2.94 bits per heavy atom. The second-order valence-corrected chi connectivity index (χ2v) is 4.03. The molecule has 1 aromatic rings. The number of anilines is 1. The smallest absolute Gasteiger partial charge is 0.327 e. The van der Waals surface area contributed by atoms with Gasteiger partial charge in [-0.05, 0) is 19.1 Å². The number of nitrogens with zero attached hydrogens (tertiary/aromatic N) is 2. The normalized spacial score (nSPS) is 19.6. The minimum Gasteiger partial charge on any atom is -0.353 e. The lowest BCUT2D eigenvalue weighted by molar-refractivity contribution is -0.386. The van der Waals surface area contributed by atoms with Gasteiger partial charge in [-0.1, -0.05) is 6.07 Å². The van der Waals surface area contributed by atoms with Gasteiger partial charge >= 0.3 is 5.69 Å². The average Bonchev–Trinajstić information content (AvgIpc) is 2.32. The minimum absolute atomic E-state index is 0.141. The van der Waals surface area contributed by atoms with E-state index in [9.17, 15) is 19.3 Å². The zero-order valence-corrected chi connectivity index (χ0v) is 9.72. The van der Waals surface area contributed by atoms with Crippen molar-refractivity contribution >= 4 is 17.3 Å². The van der Waals surface area contributed by atoms with Crippen molar-refractivity contribution in [2.24, 2.45) is 0 Å². The number of para-hydroxylation sites is 1. The van der Waals surface area contributed by atoms with Crippen molar-refractivity contribution in [3.63, 3.8) is 0 Å². The molecule has 0 aliphatic carbocycles. The summed E-state index contributed by atoms with van der Waals surface area (Å²) in [7, 11) is 0. The Hall–Kier alpha value is -2.18. The van der Waals surface area contributed by atoms with Crippen molar-refractivity contribution in [3.05, 3.63) is 34.1 Å². The van der Waals surface area contributed by atoms with Crippen molar-refractivity contribution in [3.8, 4) is 0 Å². The molecule has 96 valence electrons. The standard InChI is InChI=1S/C11H12FN3O3/c1-7-11(16)13-5-6-14(7)9-4-2-3-8(12)10(9)15(17)18/h2-4,7H,5-6H2,1H3,(H,13,16). The molecule has 1 aromatic carbocycles. The van der Waals surface area contributed by atoms with Crippen LogP contribution < -0.4 is 10.2 Å². The lowest BCUT2D eigenvalue weighted by atomic mass is 10.1. The molecule has 1 aliphatic rings. The largest absolute Gasteiger partial charge is 0.353 e. The van der Waals surface area contributed by atoms with Crippen molar-refractivity contribution in [2.75, 3.05) is 18.0 Å². The van der Waals surface area contributed by atoms with E-state index in [4.69, 9.17) is 0 Å². The van der Waals surface area contributed by atoms with Gasteiger partial charge in [0.2, 0.25) is 11.7 Å². The first-order valence-corrected chi connectivity index (χ1v) is 5.49. The highest BCUT2D eigenvalue weighted by Gasteiger charge is 2.31. The molecular weight excluding hydrogens is 241 g/mol. The Morgan fingerprint density at radius 2 is 2.28 bits per heavy atom. The van der Waals surface area contributed by atoms with Crippen LogP contribution in [-0.4, -0.2) is 30.0 Å². The fraction of sp³-hybridized carbons (Fsp3) is 0.364. The van der Waals surface area contributed by atoms with E-state index < -0.39 is 22.5 Å². The Bertz CT molecular complexity index is 506. The van der Waals surface area contributed by atoms with Crippen LogP contribution in [0.1, 0.15) is 6.92 Å². The first kappa shape index (κ1) is 12.3. The van der Waals surface area contributed by atoms with E-state index in [0.29, 0.717) is 13.1 Å². The number of hydrogen-bond donors (Lipinski definition) is 1. The summed E-state index contributed by atoms with van der Waals surface area (Å²) in [5, 5.41) is 13.6. The zero-order valence-electron chi connectivity index (χ0n) is 9.72. The summed E-state index contributed by atoms with van der Waals surface area (Å²) in [4.78, 5) is 23.2. The van der Waals surface area contributed by atoms with E-state index in [0.717, 1.165) is 6.07 Å². The molecule has 1 heterocycles. The fourth-order valence-electron chi connectivity index (χ4n) is 2.03. The second-order valence-electron chi connectivity index (χ2n) is 4.03. The topological polar surface area (TPSA) is 75.5 Å². The maximum atomic E-state index is 13.5. The Labute approximate surface area is 103 Å². The molecule has 1 saturated heterocycles. The van der Waals surface area contributed by atoms with Crippen LogP contribution in [0, 0.1) is 15.9 Å². The number of amides is 1. The first-order valence-electron chi connectivity index (χ1n) is 5.49. The van der Waals surface area contributed by atoms with Crippen molar-refractivity contribution in [1.29, 1.82) is 0 Å². The van der Waals surface area contributed by atoms with Crippen molar-refractivity contribution in [1.82, 2.24) is 5.32 Å². The van der Waals surface area contributed by atoms with Crippen LogP contribution in [0.3, 0.4) is 0 Å². The molecule has 1 N–H and O–H groups in total. The maximum absolute atomic E-state index is 13.5. The summed E-state index contributed by atoms with van der Waals surface area (Å²) in [6.45, 7) is 2.43. The Balaban J connectivity index is 2.47. The lowest BCUT2D eigenvalue weighted by Gasteiger charge is -2.34.